The van der Waals surface area contributed by atoms with Crippen molar-refractivity contribution in [2.75, 3.05) is 13.2 Å². The van der Waals surface area contributed by atoms with E-state index < -0.39 is 5.60 Å². The first-order valence-corrected chi connectivity index (χ1v) is 10.9. The van der Waals surface area contributed by atoms with Crippen molar-refractivity contribution < 1.29 is 19.5 Å². The zero-order chi connectivity index (χ0) is 19.1. The first kappa shape index (κ1) is 18.6. The summed E-state index contributed by atoms with van der Waals surface area (Å²) < 4.78 is 5.58. The molecule has 0 aromatic heterocycles. The molecule has 2 N–H and O–H groups in total. The molecule has 5 heteroatoms. The molecule has 5 nitrogen and oxygen atoms in total. The van der Waals surface area contributed by atoms with Crippen LogP contribution in [0, 0.1) is 29.6 Å². The van der Waals surface area contributed by atoms with Gasteiger partial charge in [0.15, 0.2) is 0 Å². The maximum absolute atomic E-state index is 12.6. The fourth-order valence-electron chi connectivity index (χ4n) is 6.86. The largest absolute Gasteiger partial charge is 0.390 e. The molecule has 6 rings (SSSR count). The normalized spacial score (nSPS) is 38.3. The molecule has 0 radical (unpaired) electrons. The highest BCUT2D eigenvalue weighted by Crippen LogP contribution is 2.60. The van der Waals surface area contributed by atoms with Crippen LogP contribution in [0.15, 0.2) is 30.3 Å². The van der Waals surface area contributed by atoms with Gasteiger partial charge in [0, 0.05) is 18.8 Å². The lowest BCUT2D eigenvalue weighted by Gasteiger charge is -2.60. The van der Waals surface area contributed by atoms with E-state index in [0.717, 1.165) is 45.3 Å². The summed E-state index contributed by atoms with van der Waals surface area (Å²) >= 11 is 0. The number of benzene rings is 1. The van der Waals surface area contributed by atoms with Crippen LogP contribution in [0.1, 0.15) is 55.3 Å². The van der Waals surface area contributed by atoms with Crippen molar-refractivity contribution in [2.24, 2.45) is 29.6 Å². The molecule has 3 unspecified atom stereocenters. The molecular weight excluding hydrogens is 354 g/mol. The van der Waals surface area contributed by atoms with Gasteiger partial charge in [-0.25, -0.2) is 5.48 Å². The molecule has 5 fully saturated rings. The smallest absolute Gasteiger partial charge is 0.274 e. The van der Waals surface area contributed by atoms with Crippen molar-refractivity contribution >= 4 is 5.91 Å². The Bertz CT molecular complexity index is 686. The van der Waals surface area contributed by atoms with E-state index in [-0.39, 0.29) is 12.0 Å². The zero-order valence-electron chi connectivity index (χ0n) is 16.4. The van der Waals surface area contributed by atoms with E-state index in [2.05, 4.69) is 5.48 Å². The third-order valence-electron chi connectivity index (χ3n) is 7.75. The Kier molecular flexibility index (Phi) is 4.93. The molecule has 152 valence electrons. The average Bonchev–Trinajstić information content (AvgIpc) is 2.70. The van der Waals surface area contributed by atoms with Gasteiger partial charge >= 0.3 is 0 Å². The number of aliphatic hydroxyl groups is 1. The molecule has 28 heavy (non-hydrogen) atoms. The molecule has 4 aliphatic carbocycles. The van der Waals surface area contributed by atoms with Crippen molar-refractivity contribution in [1.82, 2.24) is 5.48 Å². The lowest BCUT2D eigenvalue weighted by atomic mass is 9.48. The number of ether oxygens (including phenoxy) is 1. The number of hydroxylamine groups is 1. The Labute approximate surface area is 166 Å². The molecular formula is C23H31NO4. The molecule has 4 bridgehead atoms. The summed E-state index contributed by atoms with van der Waals surface area (Å²) in [4.78, 5) is 18.8. The monoisotopic (exact) mass is 385 g/mol. The summed E-state index contributed by atoms with van der Waals surface area (Å²) in [6, 6.07) is 9.25. The zero-order valence-corrected chi connectivity index (χ0v) is 16.4. The quantitative estimate of drug-likeness (QED) is 0.763. The van der Waals surface area contributed by atoms with E-state index in [1.807, 2.05) is 18.2 Å². The van der Waals surface area contributed by atoms with Crippen molar-refractivity contribution in [2.45, 2.75) is 56.7 Å². The fourth-order valence-corrected chi connectivity index (χ4v) is 6.86. The number of rotatable bonds is 5. The number of nitrogens with one attached hydrogen (secondary N) is 1. The van der Waals surface area contributed by atoms with E-state index >= 15 is 0 Å². The second kappa shape index (κ2) is 7.43. The first-order chi connectivity index (χ1) is 13.6. The van der Waals surface area contributed by atoms with Gasteiger partial charge in [-0.05, 0) is 86.7 Å². The van der Waals surface area contributed by atoms with Gasteiger partial charge in [-0.1, -0.05) is 18.2 Å². The minimum absolute atomic E-state index is 0.00941. The molecule has 1 aromatic rings. The third-order valence-corrected chi connectivity index (χ3v) is 7.75. The standard InChI is InChI=1S/C23H31NO4/c25-22(17-4-2-1-3-5-17)24-28-21(16-6-8-27-9-7-16)20-18-10-15-11-19(20)14-23(26,12-15)13-18/h1-5,15-16,18-21,26H,6-14H2,(H,24,25). The van der Waals surface area contributed by atoms with Crippen LogP contribution in [0.2, 0.25) is 0 Å². The molecule has 5 aliphatic rings. The molecule has 1 aliphatic heterocycles. The Morgan fingerprint density at radius 3 is 2.43 bits per heavy atom. The van der Waals surface area contributed by atoms with Gasteiger partial charge in [-0.15, -0.1) is 0 Å². The van der Waals surface area contributed by atoms with Crippen LogP contribution in [0.4, 0.5) is 0 Å². The summed E-state index contributed by atoms with van der Waals surface area (Å²) in [7, 11) is 0. The second-order valence-corrected chi connectivity index (χ2v) is 9.60. The minimum Gasteiger partial charge on any atom is -0.390 e. The Hall–Kier alpha value is -1.43. The molecule has 4 saturated carbocycles. The predicted octanol–water partition coefficient (Wildman–Crippen LogP) is 3.33. The van der Waals surface area contributed by atoms with E-state index in [9.17, 15) is 9.90 Å². The maximum Gasteiger partial charge on any atom is 0.274 e. The van der Waals surface area contributed by atoms with Crippen LogP contribution in [0.25, 0.3) is 0 Å². The van der Waals surface area contributed by atoms with Gasteiger partial charge < -0.3 is 9.84 Å². The summed E-state index contributed by atoms with van der Waals surface area (Å²) in [5.74, 6) is 2.35. The highest BCUT2D eigenvalue weighted by atomic mass is 16.7. The Morgan fingerprint density at radius 2 is 1.79 bits per heavy atom. The second-order valence-electron chi connectivity index (χ2n) is 9.60. The Balaban J connectivity index is 1.34. The highest BCUT2D eigenvalue weighted by Gasteiger charge is 2.57. The summed E-state index contributed by atoms with van der Waals surface area (Å²) in [5, 5.41) is 10.9. The summed E-state index contributed by atoms with van der Waals surface area (Å²) in [6.45, 7) is 1.54. The number of hydrogen-bond donors (Lipinski definition) is 2. The van der Waals surface area contributed by atoms with E-state index in [0.29, 0.717) is 35.2 Å². The number of hydrogen-bond acceptors (Lipinski definition) is 4. The average molecular weight is 386 g/mol. The molecule has 1 amide bonds. The molecule has 1 saturated heterocycles. The van der Waals surface area contributed by atoms with Crippen LogP contribution in [-0.2, 0) is 9.57 Å². The van der Waals surface area contributed by atoms with Crippen LogP contribution < -0.4 is 5.48 Å². The van der Waals surface area contributed by atoms with E-state index in [1.165, 1.54) is 12.8 Å². The molecule has 1 heterocycles. The van der Waals surface area contributed by atoms with Gasteiger partial charge in [-0.3, -0.25) is 9.63 Å². The Morgan fingerprint density at radius 1 is 1.11 bits per heavy atom. The van der Waals surface area contributed by atoms with E-state index in [1.54, 1.807) is 12.1 Å². The summed E-state index contributed by atoms with van der Waals surface area (Å²) in [5.41, 5.74) is 2.95. The third kappa shape index (κ3) is 3.49. The summed E-state index contributed by atoms with van der Waals surface area (Å²) in [6.07, 6.45) is 7.18. The van der Waals surface area contributed by atoms with Gasteiger partial charge in [0.1, 0.15) is 0 Å². The SMILES string of the molecule is O=C(NOC(C1CCOCC1)C1C2CC3CC1CC(O)(C3)C2)c1ccccc1. The topological polar surface area (TPSA) is 67.8 Å². The number of carbonyl (C=O) groups excluding carboxylic acids is 1. The first-order valence-electron chi connectivity index (χ1n) is 10.9. The fraction of sp³-hybridized carbons (Fsp3) is 0.696. The lowest BCUT2D eigenvalue weighted by molar-refractivity contribution is -0.201. The molecule has 1 aromatic carbocycles. The van der Waals surface area contributed by atoms with Gasteiger partial charge in [-0.2, -0.15) is 0 Å². The number of carbonyl (C=O) groups is 1. The minimum atomic E-state index is -0.444. The van der Waals surface area contributed by atoms with Crippen LogP contribution in [0.5, 0.6) is 0 Å². The maximum atomic E-state index is 12.6. The molecule has 0 spiro atoms. The van der Waals surface area contributed by atoms with E-state index in [4.69, 9.17) is 9.57 Å². The highest BCUT2D eigenvalue weighted by molar-refractivity contribution is 5.93. The van der Waals surface area contributed by atoms with Crippen LogP contribution in [0.3, 0.4) is 0 Å². The van der Waals surface area contributed by atoms with Gasteiger partial charge in [0.05, 0.1) is 11.7 Å². The lowest BCUT2D eigenvalue weighted by Crippen LogP contribution is -2.59. The van der Waals surface area contributed by atoms with Gasteiger partial charge in [0.25, 0.3) is 5.91 Å². The van der Waals surface area contributed by atoms with Crippen LogP contribution >= 0.6 is 0 Å². The van der Waals surface area contributed by atoms with Gasteiger partial charge in [0.2, 0.25) is 0 Å². The predicted molar refractivity (Wildman–Crippen MR) is 104 cm³/mol. The van der Waals surface area contributed by atoms with Crippen molar-refractivity contribution in [3.8, 4) is 0 Å². The van der Waals surface area contributed by atoms with Crippen molar-refractivity contribution in [1.29, 1.82) is 0 Å². The number of amides is 1. The van der Waals surface area contributed by atoms with Crippen molar-refractivity contribution in [3.63, 3.8) is 0 Å². The van der Waals surface area contributed by atoms with Crippen LogP contribution in [-0.4, -0.2) is 35.9 Å². The molecule has 3 atom stereocenters. The van der Waals surface area contributed by atoms with Crippen molar-refractivity contribution in [3.05, 3.63) is 35.9 Å².